The van der Waals surface area contributed by atoms with Crippen molar-refractivity contribution in [2.45, 2.75) is 12.5 Å². The maximum Gasteiger partial charge on any atom is 0.276 e. The molecule has 3 aromatic rings. The number of ether oxygens (including phenoxy) is 1. The molecule has 0 N–H and O–H groups in total. The van der Waals surface area contributed by atoms with Crippen molar-refractivity contribution in [3.63, 3.8) is 0 Å². The Morgan fingerprint density at radius 3 is 3.08 bits per heavy atom. The standard InChI is InChI=1S/C17H15N3O3S/c21-17(13-10-14(23-19-13)15-4-3-9-24-15)20-8-6-12(11-20)22-16-5-1-2-7-18-16/h1-5,7,9-10,12H,6,8,11H2/t12-/m0/s1. The van der Waals surface area contributed by atoms with E-state index in [1.807, 2.05) is 35.7 Å². The summed E-state index contributed by atoms with van der Waals surface area (Å²) in [4.78, 5) is 19.4. The number of hydrogen-bond donors (Lipinski definition) is 0. The third kappa shape index (κ3) is 3.03. The van der Waals surface area contributed by atoms with Crippen LogP contribution in [0.2, 0.25) is 0 Å². The van der Waals surface area contributed by atoms with E-state index in [1.54, 1.807) is 28.5 Å². The lowest BCUT2D eigenvalue weighted by atomic mass is 10.3. The maximum absolute atomic E-state index is 12.6. The van der Waals surface area contributed by atoms with Crippen molar-refractivity contribution in [1.82, 2.24) is 15.0 Å². The molecule has 1 fully saturated rings. The Bertz CT molecular complexity index is 817. The number of aromatic nitrogens is 2. The van der Waals surface area contributed by atoms with Gasteiger partial charge in [-0.1, -0.05) is 17.3 Å². The number of hydrogen-bond acceptors (Lipinski definition) is 6. The van der Waals surface area contributed by atoms with Crippen molar-refractivity contribution in [2.75, 3.05) is 13.1 Å². The molecule has 1 amide bonds. The number of likely N-dealkylation sites (tertiary alicyclic amines) is 1. The number of nitrogens with zero attached hydrogens (tertiary/aromatic N) is 3. The summed E-state index contributed by atoms with van der Waals surface area (Å²) in [6.07, 6.45) is 2.42. The number of thiophene rings is 1. The largest absolute Gasteiger partial charge is 0.472 e. The molecular weight excluding hydrogens is 326 g/mol. The van der Waals surface area contributed by atoms with E-state index in [-0.39, 0.29) is 12.0 Å². The highest BCUT2D eigenvalue weighted by Crippen LogP contribution is 2.26. The number of carbonyl (C=O) groups is 1. The molecule has 1 aliphatic rings. The highest BCUT2D eigenvalue weighted by molar-refractivity contribution is 7.13. The molecule has 4 rings (SSSR count). The van der Waals surface area contributed by atoms with Gasteiger partial charge in [0.05, 0.1) is 11.4 Å². The topological polar surface area (TPSA) is 68.5 Å². The molecule has 4 heterocycles. The normalized spacial score (nSPS) is 17.2. The average Bonchev–Trinajstić information content (AvgIpc) is 3.36. The summed E-state index contributed by atoms with van der Waals surface area (Å²) in [5.41, 5.74) is 0.330. The monoisotopic (exact) mass is 341 g/mol. The second-order valence-electron chi connectivity index (χ2n) is 5.50. The van der Waals surface area contributed by atoms with Crippen LogP contribution in [0.5, 0.6) is 5.88 Å². The Hall–Kier alpha value is -2.67. The van der Waals surface area contributed by atoms with Crippen molar-refractivity contribution in [3.05, 3.63) is 53.7 Å². The van der Waals surface area contributed by atoms with Crippen LogP contribution in [0.25, 0.3) is 10.6 Å². The van der Waals surface area contributed by atoms with Gasteiger partial charge in [-0.3, -0.25) is 4.79 Å². The predicted molar refractivity (Wildman–Crippen MR) is 89.0 cm³/mol. The van der Waals surface area contributed by atoms with Gasteiger partial charge in [-0.25, -0.2) is 4.98 Å². The van der Waals surface area contributed by atoms with Gasteiger partial charge in [-0.05, 0) is 17.5 Å². The van der Waals surface area contributed by atoms with Crippen LogP contribution < -0.4 is 4.74 Å². The van der Waals surface area contributed by atoms with Crippen molar-refractivity contribution < 1.29 is 14.1 Å². The third-order valence-electron chi connectivity index (χ3n) is 3.85. The number of carbonyl (C=O) groups excluding carboxylic acids is 1. The zero-order chi connectivity index (χ0) is 16.4. The summed E-state index contributed by atoms with van der Waals surface area (Å²) in [7, 11) is 0. The second-order valence-corrected chi connectivity index (χ2v) is 6.45. The van der Waals surface area contributed by atoms with Crippen LogP contribution in [-0.4, -0.2) is 40.1 Å². The lowest BCUT2D eigenvalue weighted by Gasteiger charge is -2.15. The van der Waals surface area contributed by atoms with Gasteiger partial charge in [0.25, 0.3) is 5.91 Å². The summed E-state index contributed by atoms with van der Waals surface area (Å²) >= 11 is 1.55. The van der Waals surface area contributed by atoms with E-state index < -0.39 is 0 Å². The van der Waals surface area contributed by atoms with Crippen LogP contribution in [0, 0.1) is 0 Å². The SMILES string of the molecule is O=C(c1cc(-c2cccs2)on1)N1CC[C@H](Oc2ccccn2)C1. The van der Waals surface area contributed by atoms with Gasteiger partial charge in [0.2, 0.25) is 5.88 Å². The minimum absolute atomic E-state index is 0.0486. The second kappa shape index (κ2) is 6.45. The van der Waals surface area contributed by atoms with E-state index >= 15 is 0 Å². The van der Waals surface area contributed by atoms with Crippen molar-refractivity contribution in [2.24, 2.45) is 0 Å². The molecule has 1 aliphatic heterocycles. The molecule has 122 valence electrons. The molecule has 24 heavy (non-hydrogen) atoms. The van der Waals surface area contributed by atoms with Gasteiger partial charge in [-0.15, -0.1) is 11.3 Å². The molecule has 0 aliphatic carbocycles. The summed E-state index contributed by atoms with van der Waals surface area (Å²) in [6.45, 7) is 1.16. The molecular formula is C17H15N3O3S. The van der Waals surface area contributed by atoms with Crippen LogP contribution in [0.4, 0.5) is 0 Å². The van der Waals surface area contributed by atoms with Crippen LogP contribution in [-0.2, 0) is 0 Å². The predicted octanol–water partition coefficient (Wildman–Crippen LogP) is 3.09. The Kier molecular flexibility index (Phi) is 4.00. The van der Waals surface area contributed by atoms with E-state index in [9.17, 15) is 4.79 Å². The van der Waals surface area contributed by atoms with E-state index in [0.29, 0.717) is 30.4 Å². The van der Waals surface area contributed by atoms with Crippen LogP contribution >= 0.6 is 11.3 Å². The van der Waals surface area contributed by atoms with Gasteiger partial charge in [-0.2, -0.15) is 0 Å². The van der Waals surface area contributed by atoms with Gasteiger partial charge in [0, 0.05) is 31.3 Å². The summed E-state index contributed by atoms with van der Waals surface area (Å²) < 4.78 is 11.1. The Balaban J connectivity index is 1.41. The van der Waals surface area contributed by atoms with E-state index in [1.165, 1.54) is 0 Å². The van der Waals surface area contributed by atoms with Gasteiger partial charge >= 0.3 is 0 Å². The first-order valence-electron chi connectivity index (χ1n) is 7.67. The molecule has 1 saturated heterocycles. The fourth-order valence-corrected chi connectivity index (χ4v) is 3.34. The van der Waals surface area contributed by atoms with Gasteiger partial charge in [0.15, 0.2) is 11.5 Å². The third-order valence-corrected chi connectivity index (χ3v) is 4.74. The highest BCUT2D eigenvalue weighted by atomic mass is 32.1. The Morgan fingerprint density at radius 2 is 2.29 bits per heavy atom. The first-order valence-corrected chi connectivity index (χ1v) is 8.55. The first-order chi connectivity index (χ1) is 11.8. The van der Waals surface area contributed by atoms with Crippen molar-refractivity contribution in [1.29, 1.82) is 0 Å². The highest BCUT2D eigenvalue weighted by Gasteiger charge is 2.30. The molecule has 1 atom stereocenters. The smallest absolute Gasteiger partial charge is 0.276 e. The van der Waals surface area contributed by atoms with Crippen LogP contribution in [0.3, 0.4) is 0 Å². The number of amides is 1. The molecule has 0 bridgehead atoms. The molecule has 0 saturated carbocycles. The van der Waals surface area contributed by atoms with Gasteiger partial charge < -0.3 is 14.2 Å². The fourth-order valence-electron chi connectivity index (χ4n) is 2.67. The van der Waals surface area contributed by atoms with Gasteiger partial charge in [0.1, 0.15) is 6.10 Å². The first kappa shape index (κ1) is 14.9. The number of rotatable bonds is 4. The lowest BCUT2D eigenvalue weighted by Crippen LogP contribution is -2.31. The molecule has 0 unspecified atom stereocenters. The minimum Gasteiger partial charge on any atom is -0.472 e. The van der Waals surface area contributed by atoms with E-state index in [0.717, 1.165) is 11.3 Å². The Morgan fingerprint density at radius 1 is 1.33 bits per heavy atom. The number of pyridine rings is 1. The molecule has 0 spiro atoms. The maximum atomic E-state index is 12.6. The summed E-state index contributed by atoms with van der Waals surface area (Å²) in [6, 6.07) is 11.1. The molecule has 6 nitrogen and oxygen atoms in total. The average molecular weight is 341 g/mol. The summed E-state index contributed by atoms with van der Waals surface area (Å²) in [5, 5.41) is 5.87. The Labute approximate surface area is 142 Å². The molecule has 0 radical (unpaired) electrons. The lowest BCUT2D eigenvalue weighted by molar-refractivity contribution is 0.0761. The zero-order valence-electron chi connectivity index (χ0n) is 12.8. The van der Waals surface area contributed by atoms with Crippen molar-refractivity contribution >= 4 is 17.2 Å². The zero-order valence-corrected chi connectivity index (χ0v) is 13.6. The molecule has 3 aromatic heterocycles. The minimum atomic E-state index is -0.131. The fraction of sp³-hybridized carbons (Fsp3) is 0.235. The quantitative estimate of drug-likeness (QED) is 0.729. The molecule has 0 aromatic carbocycles. The molecule has 7 heteroatoms. The van der Waals surface area contributed by atoms with Crippen molar-refractivity contribution in [3.8, 4) is 16.5 Å². The van der Waals surface area contributed by atoms with E-state index in [4.69, 9.17) is 9.26 Å². The summed E-state index contributed by atoms with van der Waals surface area (Å²) in [5.74, 6) is 1.07. The van der Waals surface area contributed by atoms with Crippen LogP contribution in [0.15, 0.2) is 52.5 Å². The van der Waals surface area contributed by atoms with E-state index in [2.05, 4.69) is 10.1 Å². The van der Waals surface area contributed by atoms with Crippen LogP contribution in [0.1, 0.15) is 16.9 Å².